The summed E-state index contributed by atoms with van der Waals surface area (Å²) in [6.45, 7) is 8.12. The van der Waals surface area contributed by atoms with Gasteiger partial charge in [-0.15, -0.1) is 18.3 Å². The average Bonchev–Trinajstić information content (AvgIpc) is 3.50. The molecule has 38 heavy (non-hydrogen) atoms. The van der Waals surface area contributed by atoms with Gasteiger partial charge in [0.25, 0.3) is 0 Å². The molecule has 2 unspecified atom stereocenters. The second-order valence-electron chi connectivity index (χ2n) is 11.4. The summed E-state index contributed by atoms with van der Waals surface area (Å²) in [5.74, 6) is -1.93. The molecule has 1 spiro atoms. The van der Waals surface area contributed by atoms with Crippen LogP contribution in [-0.2, 0) is 19.1 Å². The minimum absolute atomic E-state index is 0.0803. The van der Waals surface area contributed by atoms with E-state index in [1.807, 2.05) is 35.2 Å². The Balaban J connectivity index is 1.63. The predicted molar refractivity (Wildman–Crippen MR) is 147 cm³/mol. The summed E-state index contributed by atoms with van der Waals surface area (Å²) in [7, 11) is 0. The number of hydrogen-bond acceptors (Lipinski definition) is 6. The molecule has 2 amide bonds. The van der Waals surface area contributed by atoms with Gasteiger partial charge in [0.05, 0.1) is 35.8 Å². The normalized spacial score (nSPS) is 33.2. The highest BCUT2D eigenvalue weighted by Gasteiger charge is 2.78. The standard InChI is InChI=1S/C30H40N2O5S/c1-4-18-31(21-14-10-7-11-15-21)27(35)25-30-17-16-29(3,38-30)24(28(36)37-5-2)23(30)26(34)32(25)22(19-33)20-12-8-6-9-13-20/h4,6,8-9,12-13,21-25,33H,1,5,7,10-11,14-19H2,2-3H3/t22-,23+,24+,25?,29-,30?/m1/s1. The lowest BCUT2D eigenvalue weighted by Crippen LogP contribution is -2.57. The number of likely N-dealkylation sites (tertiary alicyclic amines) is 1. The van der Waals surface area contributed by atoms with Gasteiger partial charge in [0.1, 0.15) is 6.04 Å². The van der Waals surface area contributed by atoms with Crippen molar-refractivity contribution in [3.05, 3.63) is 48.6 Å². The third kappa shape index (κ3) is 4.19. The van der Waals surface area contributed by atoms with Crippen molar-refractivity contribution in [2.24, 2.45) is 11.8 Å². The van der Waals surface area contributed by atoms with Gasteiger partial charge >= 0.3 is 5.97 Å². The third-order valence-electron chi connectivity index (χ3n) is 9.31. The first-order chi connectivity index (χ1) is 18.3. The van der Waals surface area contributed by atoms with Crippen molar-refractivity contribution in [3.63, 3.8) is 0 Å². The van der Waals surface area contributed by atoms with Crippen molar-refractivity contribution in [1.29, 1.82) is 0 Å². The van der Waals surface area contributed by atoms with Gasteiger partial charge in [0, 0.05) is 17.3 Å². The second kappa shape index (κ2) is 10.7. The lowest BCUT2D eigenvalue weighted by atomic mass is 9.66. The molecule has 1 saturated carbocycles. The number of carbonyl (C=O) groups excluding carboxylic acids is 3. The number of thioether (sulfide) groups is 1. The molecule has 5 rings (SSSR count). The quantitative estimate of drug-likeness (QED) is 0.375. The maximum absolute atomic E-state index is 14.7. The number of carbonyl (C=O) groups is 3. The average molecular weight is 541 g/mol. The number of ether oxygens (including phenoxy) is 1. The van der Waals surface area contributed by atoms with Crippen LogP contribution >= 0.6 is 11.8 Å². The van der Waals surface area contributed by atoms with Crippen molar-refractivity contribution in [1.82, 2.24) is 9.80 Å². The predicted octanol–water partition coefficient (Wildman–Crippen LogP) is 4.11. The molecule has 0 radical (unpaired) electrons. The van der Waals surface area contributed by atoms with Crippen LogP contribution in [0.4, 0.5) is 0 Å². The molecular weight excluding hydrogens is 500 g/mol. The smallest absolute Gasteiger partial charge is 0.311 e. The molecule has 206 valence electrons. The molecule has 3 saturated heterocycles. The van der Waals surface area contributed by atoms with Gasteiger partial charge in [0.2, 0.25) is 11.8 Å². The zero-order valence-electron chi connectivity index (χ0n) is 22.5. The summed E-state index contributed by atoms with van der Waals surface area (Å²) >= 11 is 1.65. The van der Waals surface area contributed by atoms with Crippen molar-refractivity contribution >= 4 is 29.5 Å². The van der Waals surface area contributed by atoms with Crippen LogP contribution in [0.25, 0.3) is 0 Å². The Morgan fingerprint density at radius 2 is 1.95 bits per heavy atom. The lowest BCUT2D eigenvalue weighted by Gasteiger charge is -2.42. The first kappa shape index (κ1) is 27.3. The Bertz CT molecular complexity index is 1080. The third-order valence-corrected chi connectivity index (χ3v) is 11.3. The van der Waals surface area contributed by atoms with Crippen LogP contribution in [0, 0.1) is 11.8 Å². The zero-order chi connectivity index (χ0) is 27.1. The number of esters is 1. The molecule has 8 heteroatoms. The topological polar surface area (TPSA) is 87.2 Å². The van der Waals surface area contributed by atoms with Crippen LogP contribution in [0.3, 0.4) is 0 Å². The number of aliphatic hydroxyl groups is 1. The fourth-order valence-electron chi connectivity index (χ4n) is 7.71. The Morgan fingerprint density at radius 3 is 2.58 bits per heavy atom. The highest BCUT2D eigenvalue weighted by atomic mass is 32.2. The van der Waals surface area contributed by atoms with Gasteiger partial charge in [-0.1, -0.05) is 55.7 Å². The van der Waals surface area contributed by atoms with Gasteiger partial charge in [0.15, 0.2) is 0 Å². The van der Waals surface area contributed by atoms with E-state index in [1.54, 1.807) is 29.7 Å². The molecular formula is C30H40N2O5S. The van der Waals surface area contributed by atoms with Gasteiger partial charge < -0.3 is 19.6 Å². The van der Waals surface area contributed by atoms with E-state index in [-0.39, 0.29) is 37.0 Å². The number of nitrogens with zero attached hydrogens (tertiary/aromatic N) is 2. The van der Waals surface area contributed by atoms with E-state index in [2.05, 4.69) is 13.5 Å². The SMILES string of the molecule is C=CCN(C(=O)C1N([C@H](CO)c2ccccc2)C(=O)[C@@H]2[C@@H](C(=O)OCC)[C@@]3(C)CCC12S3)C1CCCCC1. The number of aliphatic hydroxyl groups excluding tert-OH is 1. The molecule has 4 aliphatic rings. The summed E-state index contributed by atoms with van der Waals surface area (Å²) in [5, 5.41) is 10.7. The summed E-state index contributed by atoms with van der Waals surface area (Å²) in [6, 6.07) is 8.08. The van der Waals surface area contributed by atoms with Crippen LogP contribution < -0.4 is 0 Å². The highest BCUT2D eigenvalue weighted by Crippen LogP contribution is 2.72. The van der Waals surface area contributed by atoms with Crippen LogP contribution in [0.15, 0.2) is 43.0 Å². The maximum atomic E-state index is 14.7. The van der Waals surface area contributed by atoms with Crippen LogP contribution in [0.2, 0.25) is 0 Å². The van der Waals surface area contributed by atoms with Gasteiger partial charge in [-0.25, -0.2) is 0 Å². The summed E-state index contributed by atoms with van der Waals surface area (Å²) in [6.07, 6.45) is 8.38. The largest absolute Gasteiger partial charge is 0.466 e. The number of hydrogen-bond donors (Lipinski definition) is 1. The zero-order valence-corrected chi connectivity index (χ0v) is 23.3. The summed E-state index contributed by atoms with van der Waals surface area (Å²) < 4.78 is 4.29. The van der Waals surface area contributed by atoms with Crippen LogP contribution in [0.1, 0.15) is 70.4 Å². The van der Waals surface area contributed by atoms with Crippen molar-refractivity contribution in [3.8, 4) is 0 Å². The Hall–Kier alpha value is -2.32. The van der Waals surface area contributed by atoms with Crippen LogP contribution in [-0.4, -0.2) is 74.0 Å². The summed E-state index contributed by atoms with van der Waals surface area (Å²) in [5.41, 5.74) is 0.781. The second-order valence-corrected chi connectivity index (χ2v) is 13.3. The molecule has 7 nitrogen and oxygen atoms in total. The van der Waals surface area contributed by atoms with Gasteiger partial charge in [-0.05, 0) is 45.1 Å². The monoisotopic (exact) mass is 540 g/mol. The first-order valence-electron chi connectivity index (χ1n) is 14.1. The molecule has 1 N–H and O–H groups in total. The van der Waals surface area contributed by atoms with E-state index in [0.29, 0.717) is 13.0 Å². The number of fused-ring (bicyclic) bond motifs is 1. The van der Waals surface area contributed by atoms with E-state index in [0.717, 1.165) is 37.7 Å². The maximum Gasteiger partial charge on any atom is 0.311 e. The van der Waals surface area contributed by atoms with E-state index in [9.17, 15) is 19.5 Å². The van der Waals surface area contributed by atoms with Gasteiger partial charge in [-0.3, -0.25) is 14.4 Å². The van der Waals surface area contributed by atoms with Crippen LogP contribution in [0.5, 0.6) is 0 Å². The minimum Gasteiger partial charge on any atom is -0.466 e. The number of benzene rings is 1. The van der Waals surface area contributed by atoms with Gasteiger partial charge in [-0.2, -0.15) is 0 Å². The fraction of sp³-hybridized carbons (Fsp3) is 0.633. The molecule has 2 bridgehead atoms. The molecule has 3 heterocycles. The minimum atomic E-state index is -0.773. The summed E-state index contributed by atoms with van der Waals surface area (Å²) in [4.78, 5) is 46.1. The van der Waals surface area contributed by atoms with Crippen molar-refractivity contribution in [2.45, 2.75) is 86.4 Å². The van der Waals surface area contributed by atoms with E-state index in [1.165, 1.54) is 6.42 Å². The Labute approximate surface area is 230 Å². The Morgan fingerprint density at radius 1 is 1.24 bits per heavy atom. The molecule has 1 aromatic rings. The van der Waals surface area contributed by atoms with E-state index in [4.69, 9.17) is 4.74 Å². The highest BCUT2D eigenvalue weighted by molar-refractivity contribution is 8.02. The van der Waals surface area contributed by atoms with Crippen molar-refractivity contribution in [2.75, 3.05) is 19.8 Å². The molecule has 6 atom stereocenters. The molecule has 1 aliphatic carbocycles. The number of amides is 2. The first-order valence-corrected chi connectivity index (χ1v) is 14.9. The molecule has 1 aromatic carbocycles. The van der Waals surface area contributed by atoms with Crippen molar-refractivity contribution < 1.29 is 24.2 Å². The molecule has 0 aromatic heterocycles. The molecule has 4 fully saturated rings. The lowest BCUT2D eigenvalue weighted by molar-refractivity contribution is -0.155. The number of rotatable bonds is 9. The van der Waals surface area contributed by atoms with E-state index >= 15 is 0 Å². The van der Waals surface area contributed by atoms with E-state index < -0.39 is 33.4 Å². The fourth-order valence-corrected chi connectivity index (χ4v) is 10.0. The Kier molecular flexibility index (Phi) is 7.66. The molecule has 3 aliphatic heterocycles.